The summed E-state index contributed by atoms with van der Waals surface area (Å²) in [4.78, 5) is 13.8. The number of halogens is 2. The number of nitrogens with zero attached hydrogens (tertiary/aromatic N) is 2. The molecule has 1 aliphatic carbocycles. The molecule has 3 fully saturated rings. The van der Waals surface area contributed by atoms with Gasteiger partial charge in [-0.3, -0.25) is 16.0 Å². The minimum Gasteiger partial charge on any atom is -0.454 e. The van der Waals surface area contributed by atoms with E-state index in [9.17, 15) is 29.0 Å². The van der Waals surface area contributed by atoms with Gasteiger partial charge in [0, 0.05) is 6.42 Å². The molecule has 3 saturated heterocycles. The van der Waals surface area contributed by atoms with Crippen molar-refractivity contribution >= 4 is 17.9 Å². The number of carbonyl (C=O) groups is 1. The van der Waals surface area contributed by atoms with Crippen molar-refractivity contribution < 1.29 is 33.7 Å². The van der Waals surface area contributed by atoms with E-state index >= 15 is 0 Å². The number of nitrogens with one attached hydrogen (secondary N) is 4. The number of hydrogen-bond acceptors (Lipinski definition) is 7. The molecule has 3 aliphatic heterocycles. The molecule has 0 bridgehead atoms. The lowest BCUT2D eigenvalue weighted by Crippen LogP contribution is -2.80. The molecule has 3 heterocycles. The van der Waals surface area contributed by atoms with E-state index in [1.54, 1.807) is 0 Å². The lowest BCUT2D eigenvalue weighted by molar-refractivity contribution is -0.231. The van der Waals surface area contributed by atoms with Crippen LogP contribution in [-0.2, 0) is 9.53 Å². The molecule has 4 rings (SSSR count). The van der Waals surface area contributed by atoms with Gasteiger partial charge < -0.3 is 30.5 Å². The summed E-state index contributed by atoms with van der Waals surface area (Å²) in [6.07, 6.45) is -1.74. The predicted octanol–water partition coefficient (Wildman–Crippen LogP) is -1.32. The van der Waals surface area contributed by atoms with E-state index in [0.717, 1.165) is 12.2 Å². The summed E-state index contributed by atoms with van der Waals surface area (Å²) in [5.41, 5.74) is -4.26. The van der Waals surface area contributed by atoms with Crippen LogP contribution in [0.25, 0.3) is 0 Å². The highest BCUT2D eigenvalue weighted by atomic mass is 19.1. The van der Waals surface area contributed by atoms with Gasteiger partial charge in [0.15, 0.2) is 17.7 Å². The Morgan fingerprint density at radius 3 is 2.73 bits per heavy atom. The Labute approximate surface area is 169 Å². The van der Waals surface area contributed by atoms with Crippen molar-refractivity contribution in [3.63, 3.8) is 0 Å². The van der Waals surface area contributed by atoms with Crippen LogP contribution >= 0.6 is 0 Å². The second kappa shape index (κ2) is 6.62. The average Bonchev–Trinajstić information content (AvgIpc) is 3.07. The lowest BCUT2D eigenvalue weighted by atomic mass is 9.79. The first-order valence-electron chi connectivity index (χ1n) is 9.27. The number of rotatable bonds is 3. The molecule has 4 aliphatic rings. The number of ether oxygens (including phenoxy) is 1. The highest BCUT2D eigenvalue weighted by Crippen LogP contribution is 2.49. The number of esters is 1. The fourth-order valence-electron chi connectivity index (χ4n) is 4.74. The number of aliphatic hydroxyl groups is 2. The monoisotopic (exact) mass is 428 g/mol. The molecule has 7 N–H and O–H groups in total. The second-order valence-corrected chi connectivity index (χ2v) is 7.88. The van der Waals surface area contributed by atoms with Crippen molar-refractivity contribution in [2.75, 3.05) is 13.2 Å². The van der Waals surface area contributed by atoms with E-state index in [2.05, 4.69) is 10.6 Å². The summed E-state index contributed by atoms with van der Waals surface area (Å²) in [5, 5.41) is 53.8. The first-order chi connectivity index (χ1) is 14.0. The smallest absolute Gasteiger partial charge is 0.338 e. The number of hydrogen-bond donors (Lipinski definition) is 7. The molecular weight excluding hydrogens is 406 g/mol. The van der Waals surface area contributed by atoms with Gasteiger partial charge >= 0.3 is 5.97 Å². The van der Waals surface area contributed by atoms with Crippen LogP contribution in [0.2, 0.25) is 0 Å². The molecule has 11 nitrogen and oxygen atoms in total. The van der Waals surface area contributed by atoms with Crippen LogP contribution in [0.15, 0.2) is 23.6 Å². The molecular formula is C17H22F2N6O5. The summed E-state index contributed by atoms with van der Waals surface area (Å²) in [6, 6.07) is -1.81. The van der Waals surface area contributed by atoms with Gasteiger partial charge in [-0.05, 0) is 19.1 Å². The number of carbonyl (C=O) groups excluding carboxylic acids is 1. The fraction of sp³-hybridized carbons (Fsp3) is 0.588. The van der Waals surface area contributed by atoms with Crippen molar-refractivity contribution in [1.29, 1.82) is 10.8 Å². The molecule has 0 amide bonds. The summed E-state index contributed by atoms with van der Waals surface area (Å²) >= 11 is 0. The Balaban J connectivity index is 1.70. The summed E-state index contributed by atoms with van der Waals surface area (Å²) in [7, 11) is 0. The van der Waals surface area contributed by atoms with Crippen molar-refractivity contribution in [2.45, 2.75) is 49.0 Å². The van der Waals surface area contributed by atoms with Crippen LogP contribution in [0.4, 0.5) is 8.78 Å². The normalized spacial score (nSPS) is 40.2. The molecule has 0 radical (unpaired) electrons. The average molecular weight is 428 g/mol. The third kappa shape index (κ3) is 2.55. The van der Waals surface area contributed by atoms with E-state index in [1.807, 2.05) is 0 Å². The van der Waals surface area contributed by atoms with Crippen LogP contribution < -0.4 is 10.6 Å². The van der Waals surface area contributed by atoms with Crippen molar-refractivity contribution in [2.24, 2.45) is 0 Å². The number of alkyl halides is 1. The van der Waals surface area contributed by atoms with E-state index < -0.39 is 66.4 Å². The molecule has 1 spiro atoms. The van der Waals surface area contributed by atoms with Gasteiger partial charge in [0.05, 0.1) is 30.8 Å². The Bertz CT molecular complexity index is 879. The number of hydroxylamine groups is 2. The predicted molar refractivity (Wildman–Crippen MR) is 96.7 cm³/mol. The van der Waals surface area contributed by atoms with Crippen LogP contribution in [-0.4, -0.2) is 92.0 Å². The van der Waals surface area contributed by atoms with E-state index in [-0.39, 0.29) is 18.1 Å². The summed E-state index contributed by atoms with van der Waals surface area (Å²) in [6.45, 7) is 0.522. The molecule has 164 valence electrons. The van der Waals surface area contributed by atoms with Crippen molar-refractivity contribution in [3.8, 4) is 0 Å². The zero-order valence-electron chi connectivity index (χ0n) is 15.9. The molecule has 0 aromatic carbocycles. The Morgan fingerprint density at radius 2 is 2.10 bits per heavy atom. The van der Waals surface area contributed by atoms with Gasteiger partial charge in [-0.15, -0.1) is 0 Å². The maximum atomic E-state index is 13.6. The zero-order valence-corrected chi connectivity index (χ0v) is 15.9. The lowest BCUT2D eigenvalue weighted by Gasteiger charge is -2.53. The van der Waals surface area contributed by atoms with E-state index in [1.165, 1.54) is 11.8 Å². The fourth-order valence-corrected chi connectivity index (χ4v) is 4.74. The quantitative estimate of drug-likeness (QED) is 0.270. The minimum atomic E-state index is -2.06. The van der Waals surface area contributed by atoms with Crippen LogP contribution in [0.3, 0.4) is 0 Å². The van der Waals surface area contributed by atoms with Crippen molar-refractivity contribution in [1.82, 2.24) is 20.6 Å². The SMILES string of the molecule is C[C@]1(O)[C@@H](OC(=O)C2=CC(F)CC(F)=C2)CN2C(=N)N[C@@H](CO)C3NC(=N)N(O)C321. The zero-order chi connectivity index (χ0) is 22.0. The topological polar surface area (TPSA) is 165 Å². The van der Waals surface area contributed by atoms with E-state index in [0.29, 0.717) is 5.06 Å². The van der Waals surface area contributed by atoms with Crippen LogP contribution in [0.1, 0.15) is 13.3 Å². The molecule has 0 aromatic heterocycles. The summed E-state index contributed by atoms with van der Waals surface area (Å²) in [5.74, 6) is -2.65. The van der Waals surface area contributed by atoms with E-state index in [4.69, 9.17) is 15.6 Å². The Hall–Kier alpha value is -2.77. The minimum absolute atomic E-state index is 0.260. The highest BCUT2D eigenvalue weighted by molar-refractivity contribution is 5.92. The first kappa shape index (κ1) is 20.5. The molecule has 0 saturated carbocycles. The Morgan fingerprint density at radius 1 is 1.40 bits per heavy atom. The third-order valence-corrected chi connectivity index (χ3v) is 6.13. The molecule has 6 atom stereocenters. The maximum absolute atomic E-state index is 13.6. The largest absolute Gasteiger partial charge is 0.454 e. The van der Waals surface area contributed by atoms with Gasteiger partial charge in [-0.2, -0.15) is 5.06 Å². The number of allylic oxidation sites excluding steroid dienone is 2. The van der Waals surface area contributed by atoms with Crippen LogP contribution in [0.5, 0.6) is 0 Å². The number of aliphatic hydroxyl groups excluding tert-OH is 1. The molecule has 30 heavy (non-hydrogen) atoms. The van der Waals surface area contributed by atoms with Gasteiger partial charge in [-0.25, -0.2) is 13.6 Å². The first-order valence-corrected chi connectivity index (χ1v) is 9.27. The highest BCUT2D eigenvalue weighted by Gasteiger charge is 2.76. The Kier molecular flexibility index (Phi) is 4.52. The van der Waals surface area contributed by atoms with Gasteiger partial charge in [0.25, 0.3) is 0 Å². The molecule has 13 heteroatoms. The van der Waals surface area contributed by atoms with Crippen molar-refractivity contribution in [3.05, 3.63) is 23.6 Å². The molecule has 3 unspecified atom stereocenters. The van der Waals surface area contributed by atoms with Gasteiger partial charge in [0.2, 0.25) is 5.96 Å². The second-order valence-electron chi connectivity index (χ2n) is 7.88. The third-order valence-electron chi connectivity index (χ3n) is 6.13. The number of guanidine groups is 2. The molecule has 0 aromatic rings. The standard InChI is InChI=1S/C17H22F2N6O5/c1-16(28)11(30-13(27)7-2-8(18)4-9(19)3-7)5-24-14(20)22-10(6-26)12-17(16,24)25(29)15(21)23-12/h2-3,8,10-12,26,28-29H,4-6H2,1H3,(H2,20,22)(H2,21,23)/t8?,10-,11-,12?,16-,17?/m0/s1. The maximum Gasteiger partial charge on any atom is 0.338 e. The summed E-state index contributed by atoms with van der Waals surface area (Å²) < 4.78 is 32.5. The van der Waals surface area contributed by atoms with Crippen LogP contribution in [0, 0.1) is 10.8 Å². The van der Waals surface area contributed by atoms with Gasteiger partial charge in [0.1, 0.15) is 17.6 Å². The van der Waals surface area contributed by atoms with Gasteiger partial charge in [-0.1, -0.05) is 0 Å².